The van der Waals surface area contributed by atoms with Crippen LogP contribution in [-0.2, 0) is 28.5 Å². The fourth-order valence-electron chi connectivity index (χ4n) is 8.68. The zero-order chi connectivity index (χ0) is 57.0. The molecule has 4 aromatic rings. The Labute approximate surface area is 472 Å². The number of benzene rings is 4. The third-order valence-electron chi connectivity index (χ3n) is 12.7. The molecule has 5 N–H and O–H groups in total. The molecule has 4 heterocycles. The summed E-state index contributed by atoms with van der Waals surface area (Å²) in [6, 6.07) is 29.5. The standard InChI is InChI=1S/C17H22O6S.C15H20N2OS.C9H17NO3S.C7H7NOS.C7H6O2S/c1-11(2)9-21-16(19)23-15(18)13-5-7-14(8-6-13)24-17(20)22-10-12(3)4;1-17-11-4-5-12(17)9-14(8-11)19-13-6-2-10(3-7-13)15(16)18;1-10-7-3-4-8(10)6-9(5-7)13-14(2,11)12;2*8-7(9)5-1-3-6(10)4-2-5/h5-8,11-12H,9-10H2,1-4H3;2-3,6-7,11-12,14H,4-5,8-9H2,1H3,(H2,16,18);7-9H,3-6H2,1-2H3;1-4,10H,(H2,8,9);1-4,10H,(H,8,9)/t;11-,12+,14?;7-,8+,9?;;. The Kier molecular flexibility index (Phi) is 26.4. The average molecular weight is 1160 g/mol. The van der Waals surface area contributed by atoms with Crippen LogP contribution in [0.3, 0.4) is 0 Å². The maximum atomic E-state index is 11.8. The van der Waals surface area contributed by atoms with E-state index in [9.17, 15) is 37.2 Å². The number of aromatic carboxylic acids is 1. The maximum Gasteiger partial charge on any atom is 0.516 e. The number of hydrogen-bond donors (Lipinski definition) is 5. The number of thioether (sulfide) groups is 2. The third-order valence-corrected chi connectivity index (χ3v) is 15.9. The summed E-state index contributed by atoms with van der Waals surface area (Å²) in [5.74, 6) is -2.06. The number of ether oxygens (including phenoxy) is 3. The normalized spacial score (nSPS) is 20.3. The Morgan fingerprint density at radius 3 is 1.42 bits per heavy atom. The van der Waals surface area contributed by atoms with Crippen LogP contribution in [0.25, 0.3) is 0 Å². The van der Waals surface area contributed by atoms with Gasteiger partial charge < -0.3 is 40.6 Å². The van der Waals surface area contributed by atoms with E-state index in [2.05, 4.69) is 53.9 Å². The number of esters is 1. The van der Waals surface area contributed by atoms with Crippen molar-refractivity contribution in [2.45, 2.75) is 134 Å². The highest BCUT2D eigenvalue weighted by Gasteiger charge is 2.40. The van der Waals surface area contributed by atoms with Gasteiger partial charge in [-0.15, -0.1) is 37.0 Å². The second-order valence-corrected chi connectivity index (χ2v) is 24.8. The van der Waals surface area contributed by atoms with Crippen molar-refractivity contribution < 1.29 is 60.7 Å². The third kappa shape index (κ3) is 23.4. The summed E-state index contributed by atoms with van der Waals surface area (Å²) in [5.41, 5.74) is 11.8. The molecular weight excluding hydrogens is 1080 g/mol. The molecule has 22 heteroatoms. The molecule has 6 atom stereocenters. The summed E-state index contributed by atoms with van der Waals surface area (Å²) in [7, 11) is 1.11. The van der Waals surface area contributed by atoms with Gasteiger partial charge >= 0.3 is 23.4 Å². The molecule has 4 saturated heterocycles. The fraction of sp³-hybridized carbons (Fsp3) is 0.455. The number of carbonyl (C=O) groups is 6. The molecule has 4 aromatic carbocycles. The molecule has 4 bridgehead atoms. The molecule has 4 fully saturated rings. The minimum absolute atomic E-state index is 0.0845. The minimum atomic E-state index is -3.28. The van der Waals surface area contributed by atoms with Gasteiger partial charge in [0.25, 0.3) is 10.1 Å². The fourth-order valence-corrected chi connectivity index (χ4v) is 11.5. The first-order chi connectivity index (χ1) is 36.3. The van der Waals surface area contributed by atoms with Gasteiger partial charge in [-0.1, -0.05) is 27.7 Å². The van der Waals surface area contributed by atoms with Crippen LogP contribution in [0.1, 0.15) is 120 Å². The average Bonchev–Trinajstić information content (AvgIpc) is 3.67. The van der Waals surface area contributed by atoms with Crippen molar-refractivity contribution in [3.63, 3.8) is 0 Å². The van der Waals surface area contributed by atoms with Gasteiger partial charge in [0.15, 0.2) is 0 Å². The molecule has 0 aliphatic carbocycles. The number of fused-ring (bicyclic) bond motifs is 4. The number of rotatable bonds is 13. The van der Waals surface area contributed by atoms with E-state index in [1.165, 1.54) is 67.7 Å². The highest BCUT2D eigenvalue weighted by Crippen LogP contribution is 2.41. The molecule has 17 nitrogen and oxygen atoms in total. The van der Waals surface area contributed by atoms with Gasteiger partial charge in [-0.3, -0.25) is 13.8 Å². The summed E-state index contributed by atoms with van der Waals surface area (Å²) in [5, 5.41) is 8.76. The highest BCUT2D eigenvalue weighted by molar-refractivity contribution is 8.13. The molecule has 4 aliphatic rings. The van der Waals surface area contributed by atoms with Gasteiger partial charge in [-0.05, 0) is 186 Å². The zero-order valence-electron chi connectivity index (χ0n) is 44.4. The summed E-state index contributed by atoms with van der Waals surface area (Å²) < 4.78 is 41.4. The van der Waals surface area contributed by atoms with Gasteiger partial charge in [0.05, 0.1) is 36.7 Å². The van der Waals surface area contributed by atoms with Crippen LogP contribution in [0.15, 0.2) is 117 Å². The monoisotopic (exact) mass is 1160 g/mol. The second-order valence-electron chi connectivity index (χ2n) is 19.8. The van der Waals surface area contributed by atoms with Crippen molar-refractivity contribution in [2.24, 2.45) is 23.3 Å². The summed E-state index contributed by atoms with van der Waals surface area (Å²) in [4.78, 5) is 75.0. The number of thiol groups is 2. The number of hydrogen-bond acceptors (Lipinski definition) is 18. The zero-order valence-corrected chi connectivity index (χ0v) is 48.7. The molecule has 420 valence electrons. The van der Waals surface area contributed by atoms with Crippen LogP contribution in [0, 0.1) is 11.8 Å². The SMILES string of the molecule is CC(C)COC(=O)OC(=O)c1ccc(SC(=O)OCC(C)C)cc1.CN1[C@@H]2CC[C@H]1CC(OS(C)(=O)=O)C2.CN1[C@@H]2CC[C@H]1CC(Sc1ccc(C(N)=O)cc1)C2.NC(=O)c1ccc(S)cc1.O=C(O)c1ccc(S)cc1. The lowest BCUT2D eigenvalue weighted by Gasteiger charge is -2.36. The van der Waals surface area contributed by atoms with Crippen LogP contribution in [0.5, 0.6) is 0 Å². The van der Waals surface area contributed by atoms with Crippen molar-refractivity contribution >= 4 is 94.1 Å². The predicted octanol–water partition coefficient (Wildman–Crippen LogP) is 10.4. The number of primary amides is 2. The maximum absolute atomic E-state index is 11.8. The molecule has 2 unspecified atom stereocenters. The Hall–Kier alpha value is -5.07. The molecular formula is C55H72N4O13S5. The van der Waals surface area contributed by atoms with Gasteiger partial charge in [0.2, 0.25) is 11.8 Å². The van der Waals surface area contributed by atoms with E-state index in [4.69, 9.17) is 30.2 Å². The first-order valence-corrected chi connectivity index (χ1v) is 29.5. The second kappa shape index (κ2) is 31.5. The lowest BCUT2D eigenvalue weighted by atomic mass is 10.0. The number of piperidine rings is 2. The van der Waals surface area contributed by atoms with Crippen molar-refractivity contribution in [2.75, 3.05) is 33.6 Å². The van der Waals surface area contributed by atoms with Crippen molar-refractivity contribution in [1.82, 2.24) is 9.80 Å². The van der Waals surface area contributed by atoms with Crippen LogP contribution < -0.4 is 11.5 Å². The van der Waals surface area contributed by atoms with Crippen LogP contribution in [-0.4, -0.2) is 128 Å². The van der Waals surface area contributed by atoms with E-state index in [-0.39, 0.29) is 41.6 Å². The van der Waals surface area contributed by atoms with E-state index in [0.717, 1.165) is 52.7 Å². The van der Waals surface area contributed by atoms with Crippen LogP contribution in [0.4, 0.5) is 9.59 Å². The predicted molar refractivity (Wildman–Crippen MR) is 305 cm³/mol. The van der Waals surface area contributed by atoms with Crippen LogP contribution >= 0.6 is 48.8 Å². The lowest BCUT2D eigenvalue weighted by molar-refractivity contribution is 0.0349. The molecule has 0 aromatic heterocycles. The van der Waals surface area contributed by atoms with E-state index in [1.807, 2.05) is 63.7 Å². The van der Waals surface area contributed by atoms with E-state index < -0.39 is 39.4 Å². The number of nitrogens with two attached hydrogens (primary N) is 2. The van der Waals surface area contributed by atoms with Gasteiger partial charge in [-0.2, -0.15) is 8.42 Å². The molecule has 8 rings (SSSR count). The molecule has 0 spiro atoms. The molecule has 0 saturated carbocycles. The smallest absolute Gasteiger partial charge is 0.478 e. The Morgan fingerprint density at radius 1 is 0.610 bits per heavy atom. The number of carboxylic acids is 1. The Morgan fingerprint density at radius 2 is 1.00 bits per heavy atom. The molecule has 4 aliphatic heterocycles. The van der Waals surface area contributed by atoms with Crippen molar-refractivity contribution in [3.05, 3.63) is 119 Å². The largest absolute Gasteiger partial charge is 0.516 e. The van der Waals surface area contributed by atoms with Gasteiger partial charge in [0.1, 0.15) is 0 Å². The highest BCUT2D eigenvalue weighted by atomic mass is 32.2. The van der Waals surface area contributed by atoms with Gasteiger partial charge in [0, 0.05) is 60.1 Å². The summed E-state index contributed by atoms with van der Waals surface area (Å²) in [6.45, 7) is 8.18. The van der Waals surface area contributed by atoms with E-state index in [1.54, 1.807) is 48.5 Å². The van der Waals surface area contributed by atoms with Crippen molar-refractivity contribution in [3.8, 4) is 0 Å². The minimum Gasteiger partial charge on any atom is -0.478 e. The van der Waals surface area contributed by atoms with Crippen molar-refractivity contribution in [1.29, 1.82) is 0 Å². The quantitative estimate of drug-likeness (QED) is 0.0274. The first-order valence-electron chi connectivity index (χ1n) is 25.1. The molecule has 2 amide bonds. The summed E-state index contributed by atoms with van der Waals surface area (Å²) in [6.07, 6.45) is 9.41. The topological polar surface area (TPSA) is 252 Å². The van der Waals surface area contributed by atoms with Gasteiger partial charge in [-0.25, -0.2) is 19.2 Å². The summed E-state index contributed by atoms with van der Waals surface area (Å²) >= 11 is 10.9. The first kappa shape index (κ1) is 64.5. The van der Waals surface area contributed by atoms with E-state index in [0.29, 0.717) is 40.0 Å². The number of nitrogens with zero attached hydrogens (tertiary/aromatic N) is 2. The number of amides is 2. The van der Waals surface area contributed by atoms with Crippen LogP contribution in [0.2, 0.25) is 0 Å². The van der Waals surface area contributed by atoms with E-state index >= 15 is 0 Å². The molecule has 0 radical (unpaired) electrons. The lowest BCUT2D eigenvalue weighted by Crippen LogP contribution is -2.43. The Balaban J connectivity index is 0.000000216. The number of carboxylic acid groups (broad SMARTS) is 1. The Bertz CT molecular complexity index is 2590. The molecule has 77 heavy (non-hydrogen) atoms. The number of carbonyl (C=O) groups excluding carboxylic acids is 5.